The van der Waals surface area contributed by atoms with Crippen molar-refractivity contribution in [3.63, 3.8) is 0 Å². The van der Waals surface area contributed by atoms with Crippen LogP contribution < -0.4 is 0 Å². The van der Waals surface area contributed by atoms with Crippen molar-refractivity contribution in [3.05, 3.63) is 0 Å². The number of hydrogen-bond donors (Lipinski definition) is 0. The first-order valence-electron chi connectivity index (χ1n) is 55.4. The first-order chi connectivity index (χ1) is 59.4. The second kappa shape index (κ2) is 58.4. The molecule has 30 heteroatoms. The van der Waals surface area contributed by atoms with Crippen LogP contribution in [0.15, 0.2) is 0 Å². The van der Waals surface area contributed by atoms with E-state index in [0.717, 1.165) is 86.5 Å². The molecule has 0 aromatic heterocycles. The topological polar surface area (TPSA) is 111 Å². The van der Waals surface area contributed by atoms with E-state index in [1.165, 1.54) is 244 Å². The Morgan fingerprint density at radius 2 is 0.187 bits per heavy atom. The van der Waals surface area contributed by atoms with E-state index in [9.17, 15) is 4.20 Å². The third-order valence-corrected chi connectivity index (χ3v) is 60.9. The van der Waals surface area contributed by atoms with E-state index >= 15 is 0 Å². The van der Waals surface area contributed by atoms with Crippen LogP contribution in [0.3, 0.4) is 0 Å². The summed E-state index contributed by atoms with van der Waals surface area (Å²) in [6.07, 6.45) is 62.5. The minimum absolute atomic E-state index is 0.544. The monoisotopic (exact) mass is 2170 g/mol. The van der Waals surface area contributed by atoms with Gasteiger partial charge in [0.1, 0.15) is 0 Å². The van der Waals surface area contributed by atoms with Crippen molar-refractivity contribution in [2.75, 3.05) is 340 Å². The zero-order chi connectivity index (χ0) is 106. The molecule has 0 heterocycles. The van der Waals surface area contributed by atoms with Crippen LogP contribution in [-0.4, -0.2) is 369 Å². The summed E-state index contributed by atoms with van der Waals surface area (Å²) in [4.78, 5) is 0. The summed E-state index contributed by atoms with van der Waals surface area (Å²) in [5.74, 6) is 0. The molecule has 0 saturated heterocycles. The van der Waals surface area contributed by atoms with Gasteiger partial charge in [-0.25, -0.2) is 0 Å². The Labute approximate surface area is 849 Å². The predicted molar refractivity (Wildman–Crippen MR) is 675 cm³/mol. The molecule has 0 rings (SSSR count). The van der Waals surface area contributed by atoms with Crippen LogP contribution in [0.5, 0.6) is 0 Å². The Hall–Kier alpha value is 5.30. The van der Waals surface area contributed by atoms with Crippen LogP contribution in [0.1, 0.15) is 340 Å². The second-order valence-corrected chi connectivity index (χ2v) is 145. The molecule has 0 aliphatic carbocycles. The molecular formula is C104H260B4FO12P13. The van der Waals surface area contributed by atoms with E-state index in [2.05, 4.69) is 330 Å². The number of halogens is 1. The molecule has 0 spiro atoms. The predicted octanol–water partition coefficient (Wildman–Crippen LogP) is 38.2. The molecule has 832 valence electrons. The fourth-order valence-electron chi connectivity index (χ4n) is 16.4. The summed E-state index contributed by atoms with van der Waals surface area (Å²) in [7, 11) is -2.17. The quantitative estimate of drug-likeness (QED) is 0.0328. The Morgan fingerprint density at radius 3 is 0.246 bits per heavy atom. The zero-order valence-electron chi connectivity index (χ0n) is 102. The fourth-order valence-corrected chi connectivity index (χ4v) is 44.1. The van der Waals surface area contributed by atoms with E-state index in [-0.39, 0.29) is 0 Å². The SMILES string of the molecule is CCCCCP(C)(C)(C)F.CCCCCP(C)(C)(C)OB(OP(C)(C)(C)CCCCC)OP(C)(C)(C)CCCCC.CCCCCP(C)(C)(C)OB(OP(C)(C)(C)CCCCC)OP(C)(C)(C)CCCCC.CCCCCP(C)(C)(C)OB(OP(C)(C)(C)CCCCC)OP(C)(C)(C)CCCCC.CCCCCP(C)(C)(C)OB(OP(C)(C)(C)CCCCC)OP(C)(C)(C)CCCCC. The van der Waals surface area contributed by atoms with Crippen molar-refractivity contribution >= 4 is 118 Å². The van der Waals surface area contributed by atoms with Gasteiger partial charge < -0.3 is 0 Å². The van der Waals surface area contributed by atoms with Crippen LogP contribution >= 0.6 is 88.9 Å². The molecule has 134 heavy (non-hydrogen) atoms. The Morgan fingerprint density at radius 1 is 0.119 bits per heavy atom. The van der Waals surface area contributed by atoms with Gasteiger partial charge in [-0.15, -0.1) is 0 Å². The van der Waals surface area contributed by atoms with Crippen molar-refractivity contribution in [2.45, 2.75) is 340 Å². The van der Waals surface area contributed by atoms with Crippen molar-refractivity contribution in [2.24, 2.45) is 0 Å². The van der Waals surface area contributed by atoms with Crippen molar-refractivity contribution in [1.29, 1.82) is 0 Å². The van der Waals surface area contributed by atoms with Crippen molar-refractivity contribution in [1.82, 2.24) is 0 Å². The summed E-state index contributed by atoms with van der Waals surface area (Å²) in [6.45, 7) is 88.6. The van der Waals surface area contributed by atoms with Gasteiger partial charge in [-0.05, 0) is 0 Å². The average molecular weight is 2170 g/mol. The van der Waals surface area contributed by atoms with Crippen LogP contribution in [-0.2, 0) is 53.3 Å². The van der Waals surface area contributed by atoms with Crippen LogP contribution in [0, 0.1) is 0 Å². The van der Waals surface area contributed by atoms with Crippen LogP contribution in [0.4, 0.5) is 4.20 Å². The van der Waals surface area contributed by atoms with E-state index in [1.807, 2.05) is 0 Å². The Bertz CT molecular complexity index is 2430. The van der Waals surface area contributed by atoms with Gasteiger partial charge in [-0.2, -0.15) is 0 Å². The van der Waals surface area contributed by atoms with Gasteiger partial charge in [0.05, 0.1) is 0 Å². The third-order valence-electron chi connectivity index (χ3n) is 25.5. The number of rotatable bonds is 76. The van der Waals surface area contributed by atoms with Crippen LogP contribution in [0.25, 0.3) is 0 Å². The number of unbranched alkanes of at least 4 members (excludes halogenated alkanes) is 26. The van der Waals surface area contributed by atoms with E-state index in [4.69, 9.17) is 53.3 Å². The normalized spacial score (nSPS) is 17.2. The second-order valence-electron chi connectivity index (χ2n) is 59.5. The van der Waals surface area contributed by atoms with Gasteiger partial charge in [-0.1, -0.05) is 0 Å². The standard InChI is InChI=1S/4C24H60BO3P3.C8H20FP/c4*1-13-16-19-22-29(4,5,6)26-25(27-30(7,8,9)23-20-17-14-2)28-31(10,11,12)24-21-18-15-3;1-5-6-7-8-10(2,3,4)9/h4*13-24H2,1-12H3;5-8H2,1-4H3. The first kappa shape index (κ1) is 148. The summed E-state index contributed by atoms with van der Waals surface area (Å²) in [6, 6.07) is 0. The minimum atomic E-state index is -2.65. The number of hydrogen-bond acceptors (Lipinski definition) is 12. The fraction of sp³-hybridized carbons (Fsp3) is 1.00. The van der Waals surface area contributed by atoms with Crippen molar-refractivity contribution in [3.8, 4) is 0 Å². The molecule has 0 aromatic carbocycles. The van der Waals surface area contributed by atoms with Gasteiger partial charge in [0, 0.05) is 0 Å². The molecule has 0 amide bonds. The van der Waals surface area contributed by atoms with Gasteiger partial charge in [0.2, 0.25) is 0 Å². The van der Waals surface area contributed by atoms with Crippen molar-refractivity contribution < 1.29 is 57.5 Å². The molecule has 0 aliphatic heterocycles. The first-order valence-corrected chi connectivity index (χ1v) is 103. The third kappa shape index (κ3) is 90.1. The van der Waals surface area contributed by atoms with Crippen LogP contribution in [0.2, 0.25) is 0 Å². The maximum absolute atomic E-state index is 13.5. The molecule has 0 aliphatic rings. The van der Waals surface area contributed by atoms with Gasteiger partial charge in [0.25, 0.3) is 0 Å². The Balaban J connectivity index is -0.000000532. The molecule has 0 saturated carbocycles. The molecule has 0 radical (unpaired) electrons. The Kier molecular flexibility index (Phi) is 64.4. The molecular weight excluding hydrogens is 1910 g/mol. The maximum atomic E-state index is 13.5. The summed E-state index contributed by atoms with van der Waals surface area (Å²) in [5.41, 5.74) is 0. The van der Waals surface area contributed by atoms with Gasteiger partial charge >= 0.3 is 856 Å². The molecule has 0 fully saturated rings. The molecule has 0 atom stereocenters. The summed E-state index contributed by atoms with van der Waals surface area (Å²) in [5, 5.41) is 0. The van der Waals surface area contributed by atoms with E-state index in [0.29, 0.717) is 0 Å². The molecule has 0 unspecified atom stereocenters. The van der Waals surface area contributed by atoms with E-state index < -0.39 is 118 Å². The molecule has 0 N–H and O–H groups in total. The molecule has 12 nitrogen and oxygen atoms in total. The van der Waals surface area contributed by atoms with Gasteiger partial charge in [-0.3, -0.25) is 0 Å². The van der Waals surface area contributed by atoms with E-state index in [1.54, 1.807) is 20.0 Å². The molecule has 0 bridgehead atoms. The summed E-state index contributed by atoms with van der Waals surface area (Å²) >= 11 is 0. The van der Waals surface area contributed by atoms with Gasteiger partial charge in [0.15, 0.2) is 0 Å². The zero-order valence-corrected chi connectivity index (χ0v) is 114. The summed E-state index contributed by atoms with van der Waals surface area (Å²) < 4.78 is 96.8. The molecule has 0 aromatic rings. The average Bonchev–Trinajstić information content (AvgIpc) is 0.780.